The van der Waals surface area contributed by atoms with Crippen molar-refractivity contribution in [2.24, 2.45) is 17.3 Å². The first-order chi connectivity index (χ1) is 39.3. The fourth-order valence-corrected chi connectivity index (χ4v) is 10.4. The highest BCUT2D eigenvalue weighted by Gasteiger charge is 2.45. The van der Waals surface area contributed by atoms with Gasteiger partial charge in [-0.2, -0.15) is 13.2 Å². The summed E-state index contributed by atoms with van der Waals surface area (Å²) in [4.78, 5) is 72.8. The number of aryl methyl sites for hydroxylation is 1. The van der Waals surface area contributed by atoms with Crippen molar-refractivity contribution < 1.29 is 70.7 Å². The van der Waals surface area contributed by atoms with Crippen LogP contribution in [0, 0.1) is 24.2 Å². The monoisotopic (exact) mass is 1160 g/mol. The Balaban J connectivity index is 0.753. The van der Waals surface area contributed by atoms with Crippen molar-refractivity contribution in [3.8, 4) is 16.2 Å². The summed E-state index contributed by atoms with van der Waals surface area (Å²) < 4.78 is 72.4. The van der Waals surface area contributed by atoms with E-state index in [9.17, 15) is 42.3 Å². The summed E-state index contributed by atoms with van der Waals surface area (Å²) in [6.45, 7) is 10.5. The van der Waals surface area contributed by atoms with Gasteiger partial charge in [0, 0.05) is 43.0 Å². The molecule has 6 rings (SSSR count). The van der Waals surface area contributed by atoms with E-state index in [0.29, 0.717) is 76.9 Å². The van der Waals surface area contributed by atoms with Crippen molar-refractivity contribution >= 4 is 46.9 Å². The average molecular weight is 1170 g/mol. The SMILES string of the molecule is COc1cnc(C(=O)NCc2cccc(CC(=O)NCCOCCOCCOCCOCCOCC(=O)N[C@H](C(=O)N3C[C@H](O)C[C@H]3C(=O)NCc3ccc(-c4sccc4C)cc3)C(C)(C)C)c2)cc1/C=C/C1CCC(C(F)(F)F)CC1. The topological polar surface area (TPSA) is 225 Å². The summed E-state index contributed by atoms with van der Waals surface area (Å²) >= 11 is 1.67. The van der Waals surface area contributed by atoms with E-state index in [1.807, 2.05) is 75.4 Å². The minimum atomic E-state index is -4.17. The van der Waals surface area contributed by atoms with Crippen LogP contribution in [0.4, 0.5) is 13.2 Å². The number of methoxy groups -OCH3 is 1. The van der Waals surface area contributed by atoms with Crippen LogP contribution in [0.1, 0.15) is 91.2 Å². The van der Waals surface area contributed by atoms with Crippen LogP contribution < -0.4 is 26.0 Å². The third kappa shape index (κ3) is 21.2. The van der Waals surface area contributed by atoms with Crippen LogP contribution in [-0.2, 0) is 62.4 Å². The van der Waals surface area contributed by atoms with Crippen LogP contribution in [0.15, 0.2) is 78.3 Å². The molecule has 82 heavy (non-hydrogen) atoms. The number of aliphatic hydroxyl groups is 1. The summed E-state index contributed by atoms with van der Waals surface area (Å²) in [5, 5.41) is 24.0. The number of nitrogens with one attached hydrogen (secondary N) is 4. The molecule has 3 atom stereocenters. The van der Waals surface area contributed by atoms with Gasteiger partial charge in [-0.3, -0.25) is 24.0 Å². The molecule has 0 bridgehead atoms. The molecule has 1 aliphatic carbocycles. The Hall–Kier alpha value is -6.27. The molecule has 0 unspecified atom stereocenters. The van der Waals surface area contributed by atoms with Gasteiger partial charge in [0.05, 0.1) is 91.2 Å². The average Bonchev–Trinajstić information content (AvgIpc) is 4.22. The number of rotatable bonds is 31. The summed E-state index contributed by atoms with van der Waals surface area (Å²) in [5.41, 5.74) is 4.79. The van der Waals surface area contributed by atoms with Crippen molar-refractivity contribution in [1.29, 1.82) is 0 Å². The molecule has 2 aromatic heterocycles. The van der Waals surface area contributed by atoms with Crippen molar-refractivity contribution in [2.45, 2.75) is 104 Å². The number of hydrogen-bond donors (Lipinski definition) is 5. The van der Waals surface area contributed by atoms with Gasteiger partial charge in [-0.15, -0.1) is 11.3 Å². The highest BCUT2D eigenvalue weighted by Crippen LogP contribution is 2.40. The van der Waals surface area contributed by atoms with Crippen LogP contribution in [0.5, 0.6) is 5.75 Å². The molecule has 0 radical (unpaired) electrons. The van der Waals surface area contributed by atoms with Gasteiger partial charge in [-0.1, -0.05) is 81.5 Å². The number of thiophene rings is 1. The van der Waals surface area contributed by atoms with Gasteiger partial charge in [0.2, 0.25) is 23.6 Å². The number of nitrogens with zero attached hydrogens (tertiary/aromatic N) is 2. The number of β-amino-alcohol motifs (C(OH)–C–C–N with tert-alkyl or cyclic N) is 1. The number of aliphatic hydroxyl groups excluding tert-OH is 1. The van der Waals surface area contributed by atoms with Crippen LogP contribution in [0.3, 0.4) is 0 Å². The van der Waals surface area contributed by atoms with E-state index in [1.165, 1.54) is 28.6 Å². The first kappa shape index (κ1) is 64.9. The Labute approximate surface area is 482 Å². The molecule has 1 saturated heterocycles. The molecule has 2 aromatic carbocycles. The number of aromatic nitrogens is 1. The molecule has 5 amide bonds. The summed E-state index contributed by atoms with van der Waals surface area (Å²) in [7, 11) is 1.48. The molecule has 22 heteroatoms. The zero-order valence-electron chi connectivity index (χ0n) is 47.5. The number of hydrogen-bond acceptors (Lipinski definition) is 14. The number of halogens is 3. The Morgan fingerprint density at radius 2 is 1.41 bits per heavy atom. The number of carbonyl (C=O) groups excluding carboxylic acids is 5. The maximum Gasteiger partial charge on any atom is 0.391 e. The van der Waals surface area contributed by atoms with Gasteiger partial charge >= 0.3 is 6.18 Å². The fourth-order valence-electron chi connectivity index (χ4n) is 9.51. The normalized spacial score (nSPS) is 17.8. The molecule has 18 nitrogen and oxygen atoms in total. The molecular formula is C60H79F3N6O12S. The van der Waals surface area contributed by atoms with Crippen LogP contribution in [0.2, 0.25) is 0 Å². The molecule has 4 aromatic rings. The van der Waals surface area contributed by atoms with Gasteiger partial charge in [0.25, 0.3) is 5.91 Å². The quantitative estimate of drug-likeness (QED) is 0.0321. The Kier molecular flexibility index (Phi) is 25.8. The molecule has 2 fully saturated rings. The van der Waals surface area contributed by atoms with Crippen molar-refractivity contribution in [2.75, 3.05) is 86.3 Å². The van der Waals surface area contributed by atoms with Gasteiger partial charge < -0.3 is 59.7 Å². The van der Waals surface area contributed by atoms with Crippen LogP contribution >= 0.6 is 11.3 Å². The second kappa shape index (κ2) is 32.5. The third-order valence-electron chi connectivity index (χ3n) is 14.1. The molecule has 3 heterocycles. The predicted octanol–water partition coefficient (Wildman–Crippen LogP) is 6.99. The van der Waals surface area contributed by atoms with E-state index in [1.54, 1.807) is 23.5 Å². The van der Waals surface area contributed by atoms with Gasteiger partial charge in [0.15, 0.2) is 0 Å². The third-order valence-corrected chi connectivity index (χ3v) is 15.1. The second-order valence-corrected chi connectivity index (χ2v) is 22.4. The molecule has 448 valence electrons. The lowest BCUT2D eigenvalue weighted by atomic mass is 9.81. The molecule has 2 aliphatic rings. The number of alkyl halides is 3. The maximum atomic E-state index is 13.9. The van der Waals surface area contributed by atoms with Crippen LogP contribution in [-0.4, -0.2) is 155 Å². The standard InChI is InChI=1S/C60H79F3N6O12S/c1-40-19-30-82-54(40)45-14-10-42(11-15-45)35-67-57(74)50-34-48(70)38-69(50)58(75)55(59(2,3)4)68-53(72)39-81-29-28-80-27-26-79-25-24-78-23-22-77-21-20-64-52(71)32-43-7-6-8-44(31-43)36-66-56(73)49-33-46(51(76-5)37-65-49)16-9-41-12-17-47(18-13-41)60(61,62)63/h6-11,14-16,19,30-31,33,37,41,47-48,50,55,70H,12-13,17-18,20-29,32,34-36,38-39H2,1-5H3,(H,64,71)(H,66,73)(H,67,74)(H,68,72)/b16-9+/t41?,47?,48-,50+,55-/m1/s1. The first-order valence-electron chi connectivity index (χ1n) is 27.8. The summed E-state index contributed by atoms with van der Waals surface area (Å²) in [6.07, 6.45) is 1.33. The number of ether oxygens (including phenoxy) is 6. The molecule has 1 saturated carbocycles. The highest BCUT2D eigenvalue weighted by molar-refractivity contribution is 7.13. The predicted molar refractivity (Wildman–Crippen MR) is 304 cm³/mol. The number of pyridine rings is 1. The second-order valence-electron chi connectivity index (χ2n) is 21.5. The highest BCUT2D eigenvalue weighted by atomic mass is 32.1. The zero-order valence-corrected chi connectivity index (χ0v) is 48.3. The number of amides is 5. The van der Waals surface area contributed by atoms with E-state index in [4.69, 9.17) is 28.4 Å². The lowest BCUT2D eigenvalue weighted by Gasteiger charge is -2.35. The largest absolute Gasteiger partial charge is 0.495 e. The van der Waals surface area contributed by atoms with E-state index < -0.39 is 53.4 Å². The van der Waals surface area contributed by atoms with Gasteiger partial charge in [-0.25, -0.2) is 4.98 Å². The smallest absolute Gasteiger partial charge is 0.391 e. The van der Waals surface area contributed by atoms with E-state index in [-0.39, 0.29) is 88.6 Å². The molecule has 5 N–H and O–H groups in total. The summed E-state index contributed by atoms with van der Waals surface area (Å²) in [5.74, 6) is -2.76. The molecular weight excluding hydrogens is 1090 g/mol. The Morgan fingerprint density at radius 3 is 2.04 bits per heavy atom. The molecule has 1 aliphatic heterocycles. The molecule has 0 spiro atoms. The Morgan fingerprint density at radius 1 is 0.780 bits per heavy atom. The van der Waals surface area contributed by atoms with Gasteiger partial charge in [-0.05, 0) is 89.3 Å². The lowest BCUT2D eigenvalue weighted by molar-refractivity contribution is -0.183. The van der Waals surface area contributed by atoms with Crippen LogP contribution in [0.25, 0.3) is 16.5 Å². The summed E-state index contributed by atoms with van der Waals surface area (Å²) in [6, 6.07) is 17.0. The van der Waals surface area contributed by atoms with Gasteiger partial charge in [0.1, 0.15) is 30.1 Å². The number of likely N-dealkylation sites (tertiary alicyclic amines) is 1. The zero-order chi connectivity index (χ0) is 59.1. The number of allylic oxidation sites excluding steroid dienone is 1. The minimum Gasteiger partial charge on any atom is -0.495 e. The maximum absolute atomic E-state index is 13.9. The van der Waals surface area contributed by atoms with E-state index in [0.717, 1.165) is 22.3 Å². The van der Waals surface area contributed by atoms with E-state index >= 15 is 0 Å². The Bertz CT molecular complexity index is 2710. The number of benzene rings is 2. The number of carbonyl (C=O) groups is 5. The fraction of sp³-hybridized carbons (Fsp3) is 0.533. The lowest BCUT2D eigenvalue weighted by Crippen LogP contribution is -2.58. The first-order valence-corrected chi connectivity index (χ1v) is 28.7. The van der Waals surface area contributed by atoms with Crippen molar-refractivity contribution in [1.82, 2.24) is 31.2 Å². The minimum absolute atomic E-state index is 0.000371. The van der Waals surface area contributed by atoms with E-state index in [2.05, 4.69) is 44.6 Å². The van der Waals surface area contributed by atoms with Crippen molar-refractivity contribution in [3.63, 3.8) is 0 Å². The van der Waals surface area contributed by atoms with Crippen molar-refractivity contribution in [3.05, 3.63) is 112 Å².